The van der Waals surface area contributed by atoms with Crippen molar-refractivity contribution in [2.24, 2.45) is 0 Å². The predicted molar refractivity (Wildman–Crippen MR) is 233 cm³/mol. The van der Waals surface area contributed by atoms with Gasteiger partial charge in [-0.2, -0.15) is 0 Å². The van der Waals surface area contributed by atoms with E-state index in [0.717, 1.165) is 89.8 Å². The molecule has 0 fully saturated rings. The third-order valence-electron chi connectivity index (χ3n) is 10.6. The molecule has 0 atom stereocenters. The fraction of sp³-hybridized carbons (Fsp3) is 0.0800. The molecular formula is C50H41N3O4. The van der Waals surface area contributed by atoms with Gasteiger partial charge in [0, 0.05) is 50.6 Å². The minimum Gasteiger partial charge on any atom is -0.497 e. The lowest BCUT2D eigenvalue weighted by molar-refractivity contribution is 0.282. The van der Waals surface area contributed by atoms with Gasteiger partial charge in [0.25, 0.3) is 0 Å². The van der Waals surface area contributed by atoms with Crippen LogP contribution in [-0.2, 0) is 6.61 Å². The zero-order chi connectivity index (χ0) is 38.9. The van der Waals surface area contributed by atoms with Gasteiger partial charge in [0.05, 0.1) is 39.0 Å². The van der Waals surface area contributed by atoms with Crippen LogP contribution in [0.2, 0.25) is 0 Å². The number of ether oxygens (including phenoxy) is 3. The number of hydrogen-bond acceptors (Lipinski definition) is 6. The zero-order valence-corrected chi connectivity index (χ0v) is 32.0. The maximum absolute atomic E-state index is 9.76. The number of para-hydroxylation sites is 1. The molecule has 0 saturated carbocycles. The Morgan fingerprint density at radius 3 is 1.39 bits per heavy atom. The molecule has 0 aliphatic rings. The maximum atomic E-state index is 9.76. The summed E-state index contributed by atoms with van der Waals surface area (Å²) >= 11 is 0. The van der Waals surface area contributed by atoms with Crippen LogP contribution in [0.15, 0.2) is 176 Å². The quantitative estimate of drug-likeness (QED) is 0.142. The number of nitrogens with zero attached hydrogens (tertiary/aromatic N) is 3. The molecule has 0 unspecified atom stereocenters. The number of methoxy groups -OCH3 is 3. The Labute approximate surface area is 331 Å². The van der Waals surface area contributed by atoms with Crippen LogP contribution in [0.25, 0.3) is 38.3 Å². The summed E-state index contributed by atoms with van der Waals surface area (Å²) in [5.74, 6) is 2.40. The molecule has 0 saturated heterocycles. The minimum absolute atomic E-state index is 0.00725. The van der Waals surface area contributed by atoms with Crippen molar-refractivity contribution in [3.8, 4) is 22.9 Å². The first-order chi connectivity index (χ1) is 28.0. The first-order valence-corrected chi connectivity index (χ1v) is 18.8. The summed E-state index contributed by atoms with van der Waals surface area (Å²) in [5.41, 5.74) is 10.2. The van der Waals surface area contributed by atoms with E-state index in [9.17, 15) is 5.11 Å². The maximum Gasteiger partial charge on any atom is 0.119 e. The van der Waals surface area contributed by atoms with Gasteiger partial charge < -0.3 is 33.7 Å². The van der Waals surface area contributed by atoms with E-state index in [1.54, 1.807) is 21.3 Å². The highest BCUT2D eigenvalue weighted by Crippen LogP contribution is 2.43. The number of aliphatic hydroxyl groups is 1. The Morgan fingerprint density at radius 1 is 0.421 bits per heavy atom. The van der Waals surface area contributed by atoms with Gasteiger partial charge in [0.1, 0.15) is 17.2 Å². The fourth-order valence-electron chi connectivity index (χ4n) is 7.71. The second-order valence-corrected chi connectivity index (χ2v) is 13.9. The van der Waals surface area contributed by atoms with Gasteiger partial charge in [-0.25, -0.2) is 0 Å². The van der Waals surface area contributed by atoms with Crippen LogP contribution in [0.5, 0.6) is 17.2 Å². The highest BCUT2D eigenvalue weighted by Gasteiger charge is 2.20. The summed E-state index contributed by atoms with van der Waals surface area (Å²) in [6.45, 7) is -0.00725. The number of aromatic nitrogens is 1. The van der Waals surface area contributed by atoms with Crippen molar-refractivity contribution in [3.05, 3.63) is 181 Å². The molecule has 1 aromatic heterocycles. The van der Waals surface area contributed by atoms with E-state index >= 15 is 0 Å². The molecule has 7 heteroatoms. The summed E-state index contributed by atoms with van der Waals surface area (Å²) in [6, 6.07) is 61.0. The summed E-state index contributed by atoms with van der Waals surface area (Å²) in [4.78, 5) is 4.49. The summed E-state index contributed by atoms with van der Waals surface area (Å²) in [5, 5.41) is 14.4. The largest absolute Gasteiger partial charge is 0.497 e. The van der Waals surface area contributed by atoms with Gasteiger partial charge in [0.15, 0.2) is 0 Å². The number of benzene rings is 8. The van der Waals surface area contributed by atoms with Gasteiger partial charge >= 0.3 is 0 Å². The molecule has 57 heavy (non-hydrogen) atoms. The van der Waals surface area contributed by atoms with Crippen molar-refractivity contribution < 1.29 is 19.3 Å². The van der Waals surface area contributed by atoms with E-state index in [1.807, 2.05) is 48.5 Å². The zero-order valence-electron chi connectivity index (χ0n) is 32.0. The van der Waals surface area contributed by atoms with Crippen molar-refractivity contribution >= 4 is 66.7 Å². The number of anilines is 6. The predicted octanol–water partition coefficient (Wildman–Crippen LogP) is 12.4. The summed E-state index contributed by atoms with van der Waals surface area (Å²) in [7, 11) is 5.05. The van der Waals surface area contributed by atoms with Crippen molar-refractivity contribution in [1.82, 2.24) is 4.57 Å². The molecule has 0 bridgehead atoms. The van der Waals surface area contributed by atoms with Crippen LogP contribution in [0.3, 0.4) is 0 Å². The van der Waals surface area contributed by atoms with E-state index in [2.05, 4.69) is 142 Å². The van der Waals surface area contributed by atoms with Crippen molar-refractivity contribution in [3.63, 3.8) is 0 Å². The van der Waals surface area contributed by atoms with Crippen LogP contribution in [0.1, 0.15) is 5.56 Å². The highest BCUT2D eigenvalue weighted by atomic mass is 16.5. The van der Waals surface area contributed by atoms with E-state index in [-0.39, 0.29) is 6.61 Å². The van der Waals surface area contributed by atoms with Crippen LogP contribution in [0, 0.1) is 0 Å². The standard InChI is InChI=1S/C50H41N3O4/c1-55-44-22-15-39(16-23-44)51(38-12-9-34(33-54)10-13-38)42-14-11-35-30-48-47-28-21-43(32-50(47)53(37-7-5-4-6-8-37)49(48)31-36(35)29-42)52(40-17-24-45(56-2)25-18-40)41-19-26-46(57-3)27-20-41/h4-32,54H,33H2,1-3H3. The van der Waals surface area contributed by atoms with Gasteiger partial charge in [-0.1, -0.05) is 42.5 Å². The van der Waals surface area contributed by atoms with Crippen molar-refractivity contribution in [2.45, 2.75) is 6.61 Å². The Balaban J connectivity index is 1.24. The Morgan fingerprint density at radius 2 is 0.877 bits per heavy atom. The first-order valence-electron chi connectivity index (χ1n) is 18.8. The van der Waals surface area contributed by atoms with Crippen LogP contribution in [-0.4, -0.2) is 31.0 Å². The summed E-state index contributed by atoms with van der Waals surface area (Å²) in [6.07, 6.45) is 0. The molecule has 280 valence electrons. The van der Waals surface area contributed by atoms with Gasteiger partial charge in [-0.3, -0.25) is 0 Å². The Kier molecular flexibility index (Phi) is 9.42. The van der Waals surface area contributed by atoms with Gasteiger partial charge in [-0.15, -0.1) is 0 Å². The molecular weight excluding hydrogens is 707 g/mol. The van der Waals surface area contributed by atoms with E-state index in [0.29, 0.717) is 0 Å². The van der Waals surface area contributed by atoms with Gasteiger partial charge in [-0.05, 0) is 150 Å². The second kappa shape index (κ2) is 15.1. The Bertz CT molecular complexity index is 2720. The third-order valence-corrected chi connectivity index (χ3v) is 10.6. The van der Waals surface area contributed by atoms with Crippen molar-refractivity contribution in [1.29, 1.82) is 0 Å². The molecule has 1 heterocycles. The van der Waals surface area contributed by atoms with E-state index in [4.69, 9.17) is 14.2 Å². The topological polar surface area (TPSA) is 59.3 Å². The molecule has 0 aliphatic carbocycles. The molecule has 8 aromatic carbocycles. The lowest BCUT2D eigenvalue weighted by Crippen LogP contribution is -2.10. The number of aliphatic hydroxyl groups excluding tert-OH is 1. The highest BCUT2D eigenvalue weighted by molar-refractivity contribution is 6.14. The molecule has 0 aliphatic heterocycles. The normalized spacial score (nSPS) is 11.2. The van der Waals surface area contributed by atoms with Crippen molar-refractivity contribution in [2.75, 3.05) is 31.1 Å². The van der Waals surface area contributed by atoms with E-state index < -0.39 is 0 Å². The van der Waals surface area contributed by atoms with Gasteiger partial charge in [0.2, 0.25) is 0 Å². The average Bonchev–Trinajstić information content (AvgIpc) is 3.59. The minimum atomic E-state index is -0.00725. The summed E-state index contributed by atoms with van der Waals surface area (Å²) < 4.78 is 18.9. The molecule has 1 N–H and O–H groups in total. The lowest BCUT2D eigenvalue weighted by atomic mass is 10.0. The number of rotatable bonds is 11. The molecule has 9 rings (SSSR count). The number of fused-ring (bicyclic) bond motifs is 4. The van der Waals surface area contributed by atoms with Crippen LogP contribution >= 0.6 is 0 Å². The molecule has 0 radical (unpaired) electrons. The van der Waals surface area contributed by atoms with E-state index in [1.165, 1.54) is 5.39 Å². The molecule has 0 spiro atoms. The average molecular weight is 748 g/mol. The molecule has 9 aromatic rings. The van der Waals surface area contributed by atoms with Crippen LogP contribution < -0.4 is 24.0 Å². The first kappa shape index (κ1) is 35.5. The lowest BCUT2D eigenvalue weighted by Gasteiger charge is -2.26. The SMILES string of the molecule is COc1ccc(N(c2ccc(CO)cc2)c2ccc3cc4c5ccc(N(c6ccc(OC)cc6)c6ccc(OC)cc6)cc5n(-c5ccccc5)c4cc3c2)cc1. The second-order valence-electron chi connectivity index (χ2n) is 13.9. The van der Waals surface area contributed by atoms with Crippen LogP contribution in [0.4, 0.5) is 34.1 Å². The fourth-order valence-corrected chi connectivity index (χ4v) is 7.71. The molecule has 7 nitrogen and oxygen atoms in total. The Hall–Kier alpha value is -7.22. The third kappa shape index (κ3) is 6.64. The number of hydrogen-bond donors (Lipinski definition) is 1. The molecule has 0 amide bonds. The smallest absolute Gasteiger partial charge is 0.119 e. The monoisotopic (exact) mass is 747 g/mol.